The molecule has 124 valence electrons. The van der Waals surface area contributed by atoms with E-state index in [4.69, 9.17) is 9.47 Å². The van der Waals surface area contributed by atoms with Crippen LogP contribution < -0.4 is 9.47 Å². The molecule has 1 aliphatic rings. The van der Waals surface area contributed by atoms with Gasteiger partial charge in [0, 0.05) is 12.0 Å². The molecular formula is C23H20O2. The topological polar surface area (TPSA) is 18.5 Å². The van der Waals surface area contributed by atoms with Crippen LogP contribution in [0.15, 0.2) is 90.7 Å². The second kappa shape index (κ2) is 6.86. The average molecular weight is 328 g/mol. The number of fused-ring (bicyclic) bond motifs is 1. The van der Waals surface area contributed by atoms with Crippen LogP contribution >= 0.6 is 0 Å². The SMILES string of the molecule is CC1CC(Oc2ccccc2)=C(Oc2ccccc2)c2ccccc21. The van der Waals surface area contributed by atoms with Crippen molar-refractivity contribution in [2.24, 2.45) is 0 Å². The Balaban J connectivity index is 1.79. The molecule has 0 N–H and O–H groups in total. The first-order valence-electron chi connectivity index (χ1n) is 8.59. The molecule has 0 spiro atoms. The van der Waals surface area contributed by atoms with Crippen LogP contribution in [0.4, 0.5) is 0 Å². The smallest absolute Gasteiger partial charge is 0.173 e. The van der Waals surface area contributed by atoms with E-state index in [-0.39, 0.29) is 0 Å². The normalized spacial score (nSPS) is 16.3. The van der Waals surface area contributed by atoms with E-state index in [0.29, 0.717) is 5.92 Å². The van der Waals surface area contributed by atoms with Crippen LogP contribution in [-0.4, -0.2) is 0 Å². The quantitative estimate of drug-likeness (QED) is 0.583. The van der Waals surface area contributed by atoms with E-state index in [9.17, 15) is 0 Å². The molecule has 0 bridgehead atoms. The molecule has 0 saturated heterocycles. The minimum Gasteiger partial charge on any atom is -0.458 e. The molecule has 0 fully saturated rings. The van der Waals surface area contributed by atoms with Gasteiger partial charge in [0.2, 0.25) is 0 Å². The maximum Gasteiger partial charge on any atom is 0.173 e. The molecule has 1 unspecified atom stereocenters. The van der Waals surface area contributed by atoms with E-state index >= 15 is 0 Å². The van der Waals surface area contributed by atoms with Crippen LogP contribution in [0.25, 0.3) is 5.76 Å². The fourth-order valence-electron chi connectivity index (χ4n) is 3.20. The molecule has 0 aromatic heterocycles. The maximum absolute atomic E-state index is 6.27. The zero-order valence-electron chi connectivity index (χ0n) is 14.2. The Morgan fingerprint density at radius 2 is 1.24 bits per heavy atom. The Labute approximate surface area is 148 Å². The molecular weight excluding hydrogens is 308 g/mol. The third kappa shape index (κ3) is 3.29. The third-order valence-corrected chi connectivity index (χ3v) is 4.43. The van der Waals surface area contributed by atoms with Crippen molar-refractivity contribution in [2.45, 2.75) is 19.3 Å². The van der Waals surface area contributed by atoms with Gasteiger partial charge in [-0.05, 0) is 35.7 Å². The summed E-state index contributed by atoms with van der Waals surface area (Å²) < 4.78 is 12.5. The Bertz CT molecular complexity index is 882. The first-order valence-corrected chi connectivity index (χ1v) is 8.59. The first-order chi connectivity index (χ1) is 12.3. The molecule has 0 radical (unpaired) electrons. The highest BCUT2D eigenvalue weighted by Crippen LogP contribution is 2.40. The molecule has 1 atom stereocenters. The molecule has 2 heteroatoms. The summed E-state index contributed by atoms with van der Waals surface area (Å²) in [4.78, 5) is 0. The van der Waals surface area contributed by atoms with E-state index in [1.807, 2.05) is 66.7 Å². The lowest BCUT2D eigenvalue weighted by atomic mass is 9.86. The zero-order chi connectivity index (χ0) is 17.1. The Morgan fingerprint density at radius 3 is 1.92 bits per heavy atom. The highest BCUT2D eigenvalue weighted by Gasteiger charge is 2.27. The lowest BCUT2D eigenvalue weighted by Crippen LogP contribution is -2.15. The fraction of sp³-hybridized carbons (Fsp3) is 0.130. The molecule has 2 nitrogen and oxygen atoms in total. The van der Waals surface area contributed by atoms with Crippen molar-refractivity contribution in [3.63, 3.8) is 0 Å². The van der Waals surface area contributed by atoms with Gasteiger partial charge in [0.15, 0.2) is 5.76 Å². The summed E-state index contributed by atoms with van der Waals surface area (Å²) in [6.45, 7) is 2.23. The van der Waals surface area contributed by atoms with Gasteiger partial charge in [0.05, 0.1) is 0 Å². The van der Waals surface area contributed by atoms with E-state index in [2.05, 4.69) is 25.1 Å². The van der Waals surface area contributed by atoms with Gasteiger partial charge in [-0.2, -0.15) is 0 Å². The second-order valence-corrected chi connectivity index (χ2v) is 6.27. The zero-order valence-corrected chi connectivity index (χ0v) is 14.2. The summed E-state index contributed by atoms with van der Waals surface area (Å²) in [6, 6.07) is 28.2. The van der Waals surface area contributed by atoms with Crippen molar-refractivity contribution < 1.29 is 9.47 Å². The standard InChI is InChI=1S/C23H20O2/c1-17-16-22(24-18-10-4-2-5-11-18)23(21-15-9-8-14-20(17)21)25-19-12-6-3-7-13-19/h2-15,17H,16H2,1H3. The fourth-order valence-corrected chi connectivity index (χ4v) is 3.20. The molecule has 0 heterocycles. The molecule has 0 saturated carbocycles. The van der Waals surface area contributed by atoms with Crippen molar-refractivity contribution in [2.75, 3.05) is 0 Å². The number of ether oxygens (including phenoxy) is 2. The molecule has 3 aromatic carbocycles. The summed E-state index contributed by atoms with van der Waals surface area (Å²) in [5, 5.41) is 0. The van der Waals surface area contributed by atoms with Gasteiger partial charge in [-0.15, -0.1) is 0 Å². The number of hydrogen-bond acceptors (Lipinski definition) is 2. The van der Waals surface area contributed by atoms with E-state index in [0.717, 1.165) is 35.0 Å². The summed E-state index contributed by atoms with van der Waals surface area (Å²) in [7, 11) is 0. The number of hydrogen-bond donors (Lipinski definition) is 0. The lowest BCUT2D eigenvalue weighted by molar-refractivity contribution is 0.363. The number of para-hydroxylation sites is 2. The van der Waals surface area contributed by atoms with Gasteiger partial charge in [0.1, 0.15) is 17.3 Å². The van der Waals surface area contributed by atoms with Gasteiger partial charge in [-0.1, -0.05) is 67.6 Å². The van der Waals surface area contributed by atoms with Crippen LogP contribution in [0.5, 0.6) is 11.5 Å². The summed E-state index contributed by atoms with van der Waals surface area (Å²) in [5.74, 6) is 3.72. The molecule has 25 heavy (non-hydrogen) atoms. The number of benzene rings is 3. The van der Waals surface area contributed by atoms with Gasteiger partial charge < -0.3 is 9.47 Å². The van der Waals surface area contributed by atoms with Gasteiger partial charge in [-0.25, -0.2) is 0 Å². The minimum atomic E-state index is 0.387. The van der Waals surface area contributed by atoms with Gasteiger partial charge in [-0.3, -0.25) is 0 Å². The molecule has 3 aromatic rings. The lowest BCUT2D eigenvalue weighted by Gasteiger charge is -2.27. The summed E-state index contributed by atoms with van der Waals surface area (Å²) >= 11 is 0. The maximum atomic E-state index is 6.27. The Hall–Kier alpha value is -3.00. The number of allylic oxidation sites excluding steroid dienone is 1. The predicted molar refractivity (Wildman–Crippen MR) is 101 cm³/mol. The van der Waals surface area contributed by atoms with E-state index in [1.165, 1.54) is 5.56 Å². The minimum absolute atomic E-state index is 0.387. The predicted octanol–water partition coefficient (Wildman–Crippen LogP) is 6.02. The summed E-state index contributed by atoms with van der Waals surface area (Å²) in [6.07, 6.45) is 0.814. The van der Waals surface area contributed by atoms with Crippen molar-refractivity contribution in [1.29, 1.82) is 0 Å². The number of rotatable bonds is 4. The molecule has 4 rings (SSSR count). The largest absolute Gasteiger partial charge is 0.458 e. The molecule has 1 aliphatic carbocycles. The first kappa shape index (κ1) is 15.5. The monoisotopic (exact) mass is 328 g/mol. The molecule has 0 amide bonds. The highest BCUT2D eigenvalue weighted by molar-refractivity contribution is 5.70. The van der Waals surface area contributed by atoms with Crippen LogP contribution in [0.2, 0.25) is 0 Å². The van der Waals surface area contributed by atoms with Crippen LogP contribution in [-0.2, 0) is 0 Å². The van der Waals surface area contributed by atoms with Gasteiger partial charge >= 0.3 is 0 Å². The van der Waals surface area contributed by atoms with Crippen LogP contribution in [0.1, 0.15) is 30.4 Å². The van der Waals surface area contributed by atoms with Crippen molar-refractivity contribution in [1.82, 2.24) is 0 Å². The Kier molecular flexibility index (Phi) is 4.26. The van der Waals surface area contributed by atoms with Crippen LogP contribution in [0.3, 0.4) is 0 Å². The van der Waals surface area contributed by atoms with Gasteiger partial charge in [0.25, 0.3) is 0 Å². The van der Waals surface area contributed by atoms with Crippen molar-refractivity contribution in [3.8, 4) is 11.5 Å². The second-order valence-electron chi connectivity index (χ2n) is 6.27. The van der Waals surface area contributed by atoms with Crippen molar-refractivity contribution in [3.05, 3.63) is 102 Å². The Morgan fingerprint density at radius 1 is 0.680 bits per heavy atom. The summed E-state index contributed by atoms with van der Waals surface area (Å²) in [5.41, 5.74) is 2.41. The third-order valence-electron chi connectivity index (χ3n) is 4.43. The van der Waals surface area contributed by atoms with Crippen LogP contribution in [0, 0.1) is 0 Å². The highest BCUT2D eigenvalue weighted by atomic mass is 16.5. The van der Waals surface area contributed by atoms with E-state index < -0.39 is 0 Å². The van der Waals surface area contributed by atoms with Crippen molar-refractivity contribution >= 4 is 5.76 Å². The molecule has 0 aliphatic heterocycles. The average Bonchev–Trinajstić information content (AvgIpc) is 2.67. The van der Waals surface area contributed by atoms with E-state index in [1.54, 1.807) is 0 Å².